The molecule has 0 rings (SSSR count). The van der Waals surface area contributed by atoms with E-state index in [4.69, 9.17) is 15.3 Å². The molecule has 0 aromatic carbocycles. The number of carbonyl (C=O) groups is 3. The van der Waals surface area contributed by atoms with Gasteiger partial charge in [-0.3, -0.25) is 4.79 Å². The van der Waals surface area contributed by atoms with Gasteiger partial charge in [-0.2, -0.15) is 0 Å². The Hall–Kier alpha value is -1.83. The number of aliphatic hydroxyl groups is 1. The summed E-state index contributed by atoms with van der Waals surface area (Å²) in [7, 11) is 0. The van der Waals surface area contributed by atoms with Crippen LogP contribution in [0.2, 0.25) is 0 Å². The van der Waals surface area contributed by atoms with E-state index in [0.717, 1.165) is 0 Å². The van der Waals surface area contributed by atoms with Crippen LogP contribution in [-0.4, -0.2) is 63.4 Å². The summed E-state index contributed by atoms with van der Waals surface area (Å²) in [5.74, 6) is -2.42. The average Bonchev–Trinajstić information content (AvgIpc) is 2.29. The van der Waals surface area contributed by atoms with Crippen LogP contribution >= 0.6 is 0 Å². The number of amides is 2. The van der Waals surface area contributed by atoms with Crippen LogP contribution in [0.25, 0.3) is 0 Å². The van der Waals surface area contributed by atoms with E-state index in [-0.39, 0.29) is 32.0 Å². The van der Waals surface area contributed by atoms with E-state index in [2.05, 4.69) is 5.32 Å². The molecule has 2 amide bonds. The molecule has 0 heterocycles. The molecule has 1 atom stereocenters. The molecular weight excluding hydrogens is 256 g/mol. The van der Waals surface area contributed by atoms with Gasteiger partial charge in [0.2, 0.25) is 0 Å². The Kier molecular flexibility index (Phi) is 7.50. The Bertz CT molecular complexity index is 331. The van der Waals surface area contributed by atoms with E-state index in [1.807, 2.05) is 0 Å². The van der Waals surface area contributed by atoms with Crippen molar-refractivity contribution in [2.45, 2.75) is 38.8 Å². The fraction of sp³-hybridized carbons (Fsp3) is 0.727. The summed E-state index contributed by atoms with van der Waals surface area (Å²) < 4.78 is 0. The Morgan fingerprint density at radius 3 is 2.16 bits per heavy atom. The van der Waals surface area contributed by atoms with Gasteiger partial charge in [-0.25, -0.2) is 9.59 Å². The summed E-state index contributed by atoms with van der Waals surface area (Å²) >= 11 is 0. The highest BCUT2D eigenvalue weighted by molar-refractivity contribution is 5.83. The maximum Gasteiger partial charge on any atom is 0.326 e. The van der Waals surface area contributed by atoms with Crippen LogP contribution in [0.3, 0.4) is 0 Å². The zero-order chi connectivity index (χ0) is 15.0. The number of hydrogen-bond acceptors (Lipinski definition) is 4. The molecule has 8 heteroatoms. The SMILES string of the molecule is CC(C)N(CCO)C(=O)NC(CCC(=O)O)C(=O)O. The molecule has 0 aliphatic heterocycles. The Balaban J connectivity index is 4.59. The standard InChI is InChI=1S/C11H20N2O6/c1-7(2)13(5-6-14)11(19)12-8(10(17)18)3-4-9(15)16/h7-8,14H,3-6H2,1-2H3,(H,12,19)(H,15,16)(H,17,18). The van der Waals surface area contributed by atoms with Crippen LogP contribution in [0.4, 0.5) is 4.79 Å². The Morgan fingerprint density at radius 2 is 1.79 bits per heavy atom. The number of carbonyl (C=O) groups excluding carboxylic acids is 1. The molecule has 0 aromatic heterocycles. The molecule has 0 aliphatic rings. The summed E-state index contributed by atoms with van der Waals surface area (Å²) in [6.45, 7) is 3.29. The fourth-order valence-electron chi connectivity index (χ4n) is 1.46. The minimum absolute atomic E-state index is 0.0781. The summed E-state index contributed by atoms with van der Waals surface area (Å²) in [6, 6.07) is -2.11. The van der Waals surface area contributed by atoms with E-state index >= 15 is 0 Å². The number of aliphatic carboxylic acids is 2. The van der Waals surface area contributed by atoms with Crippen molar-refractivity contribution in [3.05, 3.63) is 0 Å². The lowest BCUT2D eigenvalue weighted by atomic mass is 10.1. The maximum absolute atomic E-state index is 11.8. The van der Waals surface area contributed by atoms with Gasteiger partial charge in [0.15, 0.2) is 0 Å². The van der Waals surface area contributed by atoms with Crippen LogP contribution in [0.5, 0.6) is 0 Å². The number of urea groups is 1. The molecule has 0 saturated heterocycles. The monoisotopic (exact) mass is 276 g/mol. The number of rotatable bonds is 8. The second-order valence-electron chi connectivity index (χ2n) is 4.28. The number of hydrogen-bond donors (Lipinski definition) is 4. The van der Waals surface area contributed by atoms with Gasteiger partial charge < -0.3 is 25.5 Å². The lowest BCUT2D eigenvalue weighted by molar-refractivity contribution is -0.140. The quantitative estimate of drug-likeness (QED) is 0.482. The van der Waals surface area contributed by atoms with Gasteiger partial charge in [-0.15, -0.1) is 0 Å². The predicted molar refractivity (Wildman–Crippen MR) is 65.8 cm³/mol. The number of carboxylic acids is 2. The number of nitrogens with one attached hydrogen (secondary N) is 1. The normalized spacial score (nSPS) is 12.0. The lowest BCUT2D eigenvalue weighted by Crippen LogP contribution is -2.51. The van der Waals surface area contributed by atoms with E-state index in [1.54, 1.807) is 13.8 Å². The summed E-state index contributed by atoms with van der Waals surface area (Å²) in [6.07, 6.45) is -0.541. The summed E-state index contributed by atoms with van der Waals surface area (Å²) in [4.78, 5) is 34.4. The molecule has 0 fully saturated rings. The second-order valence-corrected chi connectivity index (χ2v) is 4.28. The Labute approximate surface area is 111 Å². The molecule has 0 aromatic rings. The van der Waals surface area contributed by atoms with Crippen molar-refractivity contribution in [2.75, 3.05) is 13.2 Å². The topological polar surface area (TPSA) is 127 Å². The lowest BCUT2D eigenvalue weighted by Gasteiger charge is -2.27. The molecule has 0 saturated carbocycles. The van der Waals surface area contributed by atoms with Gasteiger partial charge in [0.05, 0.1) is 6.61 Å². The number of carboxylic acid groups (broad SMARTS) is 2. The van der Waals surface area contributed by atoms with Gasteiger partial charge in [-0.05, 0) is 20.3 Å². The molecule has 19 heavy (non-hydrogen) atoms. The van der Waals surface area contributed by atoms with Crippen LogP contribution in [-0.2, 0) is 9.59 Å². The van der Waals surface area contributed by atoms with Crippen molar-refractivity contribution >= 4 is 18.0 Å². The van der Waals surface area contributed by atoms with E-state index in [0.29, 0.717) is 0 Å². The van der Waals surface area contributed by atoms with Crippen LogP contribution in [0, 0.1) is 0 Å². The Morgan fingerprint density at radius 1 is 1.21 bits per heavy atom. The minimum atomic E-state index is -1.29. The molecule has 0 bridgehead atoms. The van der Waals surface area contributed by atoms with Gasteiger partial charge in [0.25, 0.3) is 0 Å². The molecule has 4 N–H and O–H groups in total. The van der Waals surface area contributed by atoms with Gasteiger partial charge in [0.1, 0.15) is 6.04 Å². The van der Waals surface area contributed by atoms with Crippen molar-refractivity contribution in [2.24, 2.45) is 0 Å². The number of nitrogens with zero attached hydrogens (tertiary/aromatic N) is 1. The van der Waals surface area contributed by atoms with E-state index in [1.165, 1.54) is 4.90 Å². The van der Waals surface area contributed by atoms with Gasteiger partial charge >= 0.3 is 18.0 Å². The first kappa shape index (κ1) is 17.2. The number of aliphatic hydroxyl groups excluding tert-OH is 1. The highest BCUT2D eigenvalue weighted by Crippen LogP contribution is 2.03. The van der Waals surface area contributed by atoms with Crippen LogP contribution in [0.1, 0.15) is 26.7 Å². The zero-order valence-corrected chi connectivity index (χ0v) is 11.0. The molecule has 0 radical (unpaired) electrons. The molecule has 1 unspecified atom stereocenters. The average molecular weight is 276 g/mol. The van der Waals surface area contributed by atoms with Gasteiger partial charge in [0, 0.05) is 19.0 Å². The first-order valence-corrected chi connectivity index (χ1v) is 5.92. The fourth-order valence-corrected chi connectivity index (χ4v) is 1.46. The second kappa shape index (κ2) is 8.30. The zero-order valence-electron chi connectivity index (χ0n) is 11.0. The summed E-state index contributed by atoms with van der Waals surface area (Å²) in [5, 5.41) is 28.5. The predicted octanol–water partition coefficient (Wildman–Crippen LogP) is -0.283. The first-order valence-electron chi connectivity index (χ1n) is 5.92. The summed E-state index contributed by atoms with van der Waals surface area (Å²) in [5.41, 5.74) is 0. The van der Waals surface area contributed by atoms with Crippen molar-refractivity contribution in [3.63, 3.8) is 0 Å². The molecule has 8 nitrogen and oxygen atoms in total. The van der Waals surface area contributed by atoms with Crippen LogP contribution < -0.4 is 5.32 Å². The van der Waals surface area contributed by atoms with E-state index in [9.17, 15) is 14.4 Å². The van der Waals surface area contributed by atoms with Gasteiger partial charge in [-0.1, -0.05) is 0 Å². The largest absolute Gasteiger partial charge is 0.481 e. The molecular formula is C11H20N2O6. The van der Waals surface area contributed by atoms with Crippen molar-refractivity contribution < 1.29 is 29.7 Å². The highest BCUT2D eigenvalue weighted by Gasteiger charge is 2.24. The van der Waals surface area contributed by atoms with Crippen molar-refractivity contribution in [1.82, 2.24) is 10.2 Å². The smallest absolute Gasteiger partial charge is 0.326 e. The first-order chi connectivity index (χ1) is 8.79. The minimum Gasteiger partial charge on any atom is -0.481 e. The van der Waals surface area contributed by atoms with Crippen molar-refractivity contribution in [3.8, 4) is 0 Å². The van der Waals surface area contributed by atoms with Crippen molar-refractivity contribution in [1.29, 1.82) is 0 Å². The molecule has 110 valence electrons. The third kappa shape index (κ3) is 6.61. The third-order valence-corrected chi connectivity index (χ3v) is 2.47. The van der Waals surface area contributed by atoms with E-state index < -0.39 is 24.0 Å². The molecule has 0 spiro atoms. The van der Waals surface area contributed by atoms with Crippen LogP contribution in [0.15, 0.2) is 0 Å². The molecule has 0 aliphatic carbocycles. The third-order valence-electron chi connectivity index (χ3n) is 2.47. The maximum atomic E-state index is 11.8. The highest BCUT2D eigenvalue weighted by atomic mass is 16.4.